The Bertz CT molecular complexity index is 615. The maximum absolute atomic E-state index is 12.8. The number of likely N-dealkylation sites (tertiary alicyclic amines) is 1. The van der Waals surface area contributed by atoms with E-state index in [4.69, 9.17) is 4.74 Å². The Kier molecular flexibility index (Phi) is 6.53. The highest BCUT2D eigenvalue weighted by atomic mass is 16.5. The number of carbonyl (C=O) groups excluding carboxylic acids is 2. The van der Waals surface area contributed by atoms with E-state index < -0.39 is 0 Å². The first kappa shape index (κ1) is 18.7. The van der Waals surface area contributed by atoms with Crippen molar-refractivity contribution in [3.05, 3.63) is 29.8 Å². The number of para-hydroxylation sites is 1. The molecular weight excluding hydrogens is 328 g/mol. The van der Waals surface area contributed by atoms with Crippen LogP contribution in [0.4, 0.5) is 0 Å². The molecule has 1 aromatic carbocycles. The first-order valence-electron chi connectivity index (χ1n) is 9.91. The van der Waals surface area contributed by atoms with Crippen molar-refractivity contribution in [2.24, 2.45) is 5.92 Å². The summed E-state index contributed by atoms with van der Waals surface area (Å²) in [5, 5.41) is 3.26. The Morgan fingerprint density at radius 1 is 1.00 bits per heavy atom. The molecule has 1 heterocycles. The standard InChI is InChI=1S/C21H30N2O3/c1-26-19-11-7-6-10-18(19)21(25)23-14-12-16(13-15-23)20(24)22-17-8-4-2-3-5-9-17/h6-7,10-11,16-17H,2-5,8-9,12-15H2,1H3,(H,22,24). The molecule has 0 aromatic heterocycles. The fourth-order valence-electron chi connectivity index (χ4n) is 4.08. The molecule has 1 saturated carbocycles. The molecule has 26 heavy (non-hydrogen) atoms. The second-order valence-corrected chi connectivity index (χ2v) is 7.46. The van der Waals surface area contributed by atoms with Crippen LogP contribution in [0.1, 0.15) is 61.7 Å². The summed E-state index contributed by atoms with van der Waals surface area (Å²) in [5.41, 5.74) is 0.594. The fraction of sp³-hybridized carbons (Fsp3) is 0.619. The van der Waals surface area contributed by atoms with Gasteiger partial charge in [-0.15, -0.1) is 0 Å². The van der Waals surface area contributed by atoms with E-state index in [2.05, 4.69) is 5.32 Å². The largest absolute Gasteiger partial charge is 0.496 e. The van der Waals surface area contributed by atoms with Gasteiger partial charge < -0.3 is 15.0 Å². The van der Waals surface area contributed by atoms with Crippen molar-refractivity contribution in [3.8, 4) is 5.75 Å². The lowest BCUT2D eigenvalue weighted by atomic mass is 9.94. The second kappa shape index (κ2) is 9.06. The number of methoxy groups -OCH3 is 1. The predicted octanol–water partition coefficient (Wildman–Crippen LogP) is 3.39. The summed E-state index contributed by atoms with van der Waals surface area (Å²) >= 11 is 0. The van der Waals surface area contributed by atoms with Crippen molar-refractivity contribution in [1.82, 2.24) is 10.2 Å². The quantitative estimate of drug-likeness (QED) is 0.840. The monoisotopic (exact) mass is 358 g/mol. The smallest absolute Gasteiger partial charge is 0.257 e. The minimum Gasteiger partial charge on any atom is -0.496 e. The normalized spacial score (nSPS) is 19.7. The molecule has 1 saturated heterocycles. The van der Waals surface area contributed by atoms with Gasteiger partial charge in [0.05, 0.1) is 12.7 Å². The van der Waals surface area contributed by atoms with E-state index in [0.717, 1.165) is 25.7 Å². The van der Waals surface area contributed by atoms with Gasteiger partial charge in [-0.05, 0) is 37.8 Å². The topological polar surface area (TPSA) is 58.6 Å². The molecule has 0 unspecified atom stereocenters. The van der Waals surface area contributed by atoms with Gasteiger partial charge in [-0.25, -0.2) is 0 Å². The molecule has 5 heteroatoms. The number of nitrogens with one attached hydrogen (secondary N) is 1. The highest BCUT2D eigenvalue weighted by molar-refractivity contribution is 5.97. The van der Waals surface area contributed by atoms with Crippen molar-refractivity contribution in [2.45, 2.75) is 57.4 Å². The Balaban J connectivity index is 1.52. The van der Waals surface area contributed by atoms with Gasteiger partial charge in [0.1, 0.15) is 5.75 Å². The van der Waals surface area contributed by atoms with Crippen LogP contribution in [0.15, 0.2) is 24.3 Å². The number of rotatable bonds is 4. The SMILES string of the molecule is COc1ccccc1C(=O)N1CCC(C(=O)NC2CCCCCC2)CC1. The molecule has 0 atom stereocenters. The number of hydrogen-bond acceptors (Lipinski definition) is 3. The third kappa shape index (κ3) is 4.57. The van der Waals surface area contributed by atoms with E-state index in [1.54, 1.807) is 19.2 Å². The lowest BCUT2D eigenvalue weighted by molar-refractivity contribution is -0.127. The molecule has 0 bridgehead atoms. The Hall–Kier alpha value is -2.04. The number of carbonyl (C=O) groups is 2. The zero-order valence-electron chi connectivity index (χ0n) is 15.7. The molecule has 5 nitrogen and oxygen atoms in total. The van der Waals surface area contributed by atoms with Crippen molar-refractivity contribution < 1.29 is 14.3 Å². The van der Waals surface area contributed by atoms with Crippen LogP contribution in [0.5, 0.6) is 5.75 Å². The summed E-state index contributed by atoms with van der Waals surface area (Å²) in [6.45, 7) is 1.25. The molecule has 2 aliphatic rings. The molecule has 1 aliphatic carbocycles. The van der Waals surface area contributed by atoms with Crippen LogP contribution in [-0.2, 0) is 4.79 Å². The summed E-state index contributed by atoms with van der Waals surface area (Å²) in [6, 6.07) is 7.66. The minimum absolute atomic E-state index is 0.00919. The molecule has 1 aromatic rings. The maximum atomic E-state index is 12.8. The van der Waals surface area contributed by atoms with Crippen LogP contribution in [-0.4, -0.2) is 43.0 Å². The van der Waals surface area contributed by atoms with E-state index in [0.29, 0.717) is 30.4 Å². The lowest BCUT2D eigenvalue weighted by Gasteiger charge is -2.32. The number of nitrogens with zero attached hydrogens (tertiary/aromatic N) is 1. The second-order valence-electron chi connectivity index (χ2n) is 7.46. The van der Waals surface area contributed by atoms with Crippen LogP contribution >= 0.6 is 0 Å². The van der Waals surface area contributed by atoms with Gasteiger partial charge in [0.2, 0.25) is 5.91 Å². The molecule has 3 rings (SSSR count). The Labute approximate surface area is 156 Å². The lowest BCUT2D eigenvalue weighted by Crippen LogP contribution is -2.45. The van der Waals surface area contributed by atoms with Gasteiger partial charge in [0.15, 0.2) is 0 Å². The first-order valence-corrected chi connectivity index (χ1v) is 9.91. The zero-order valence-corrected chi connectivity index (χ0v) is 15.7. The van der Waals surface area contributed by atoms with Crippen molar-refractivity contribution in [3.63, 3.8) is 0 Å². The minimum atomic E-state index is -0.00919. The number of ether oxygens (including phenoxy) is 1. The zero-order chi connectivity index (χ0) is 18.4. The summed E-state index contributed by atoms with van der Waals surface area (Å²) in [7, 11) is 1.58. The van der Waals surface area contributed by atoms with E-state index in [1.165, 1.54) is 25.7 Å². The third-order valence-corrected chi connectivity index (χ3v) is 5.69. The van der Waals surface area contributed by atoms with E-state index >= 15 is 0 Å². The van der Waals surface area contributed by atoms with Crippen LogP contribution in [0.2, 0.25) is 0 Å². The molecule has 0 radical (unpaired) electrons. The molecule has 0 spiro atoms. The van der Waals surface area contributed by atoms with Crippen LogP contribution in [0.3, 0.4) is 0 Å². The van der Waals surface area contributed by atoms with Crippen LogP contribution in [0.25, 0.3) is 0 Å². The van der Waals surface area contributed by atoms with Crippen molar-refractivity contribution in [2.75, 3.05) is 20.2 Å². The molecule has 142 valence electrons. The first-order chi connectivity index (χ1) is 12.7. The van der Waals surface area contributed by atoms with Gasteiger partial charge in [-0.1, -0.05) is 37.8 Å². The number of hydrogen-bond donors (Lipinski definition) is 1. The average molecular weight is 358 g/mol. The van der Waals surface area contributed by atoms with Gasteiger partial charge in [0, 0.05) is 25.0 Å². The van der Waals surface area contributed by atoms with Gasteiger partial charge >= 0.3 is 0 Å². The maximum Gasteiger partial charge on any atom is 0.257 e. The predicted molar refractivity (Wildman–Crippen MR) is 101 cm³/mol. The number of amides is 2. The van der Waals surface area contributed by atoms with E-state index in [-0.39, 0.29) is 17.7 Å². The van der Waals surface area contributed by atoms with Crippen molar-refractivity contribution in [1.29, 1.82) is 0 Å². The van der Waals surface area contributed by atoms with Crippen LogP contribution < -0.4 is 10.1 Å². The fourth-order valence-corrected chi connectivity index (χ4v) is 4.08. The van der Waals surface area contributed by atoms with Gasteiger partial charge in [0.25, 0.3) is 5.91 Å². The third-order valence-electron chi connectivity index (χ3n) is 5.69. The number of benzene rings is 1. The Morgan fingerprint density at radius 2 is 1.65 bits per heavy atom. The molecular formula is C21H30N2O3. The van der Waals surface area contributed by atoms with Crippen LogP contribution in [0, 0.1) is 5.92 Å². The Morgan fingerprint density at radius 3 is 2.31 bits per heavy atom. The van der Waals surface area contributed by atoms with E-state index in [9.17, 15) is 9.59 Å². The molecule has 2 fully saturated rings. The molecule has 1 N–H and O–H groups in total. The van der Waals surface area contributed by atoms with E-state index in [1.807, 2.05) is 17.0 Å². The number of piperidine rings is 1. The molecule has 2 amide bonds. The highest BCUT2D eigenvalue weighted by Gasteiger charge is 2.29. The van der Waals surface area contributed by atoms with Gasteiger partial charge in [-0.3, -0.25) is 9.59 Å². The van der Waals surface area contributed by atoms with Gasteiger partial charge in [-0.2, -0.15) is 0 Å². The highest BCUT2D eigenvalue weighted by Crippen LogP contribution is 2.24. The summed E-state index contributed by atoms with van der Waals surface area (Å²) in [6.07, 6.45) is 8.70. The summed E-state index contributed by atoms with van der Waals surface area (Å²) in [5.74, 6) is 0.803. The van der Waals surface area contributed by atoms with Crippen molar-refractivity contribution >= 4 is 11.8 Å². The summed E-state index contributed by atoms with van der Waals surface area (Å²) in [4.78, 5) is 27.2. The average Bonchev–Trinajstić information content (AvgIpc) is 2.96. The summed E-state index contributed by atoms with van der Waals surface area (Å²) < 4.78 is 5.30. The molecule has 1 aliphatic heterocycles.